The fraction of sp³-hybridized carbons (Fsp3) is 0.417. The van der Waals surface area contributed by atoms with E-state index in [1.54, 1.807) is 37.3 Å². The molecule has 4 rings (SSSR count). The Labute approximate surface area is 197 Å². The van der Waals surface area contributed by atoms with E-state index in [-0.39, 0.29) is 11.8 Å². The van der Waals surface area contributed by atoms with E-state index in [1.807, 2.05) is 25.1 Å². The highest BCUT2D eigenvalue weighted by Gasteiger charge is 2.44. The van der Waals surface area contributed by atoms with Gasteiger partial charge < -0.3 is 29.2 Å². The highest BCUT2D eigenvalue weighted by molar-refractivity contribution is 8.00. The zero-order valence-corrected chi connectivity index (χ0v) is 19.8. The molecule has 9 heteroatoms. The number of methoxy groups -OCH3 is 2. The van der Waals surface area contributed by atoms with Crippen LogP contribution < -0.4 is 24.3 Å². The predicted molar refractivity (Wildman–Crippen MR) is 127 cm³/mol. The SMILES string of the molecule is COc1ccc(CCN2C(=O)CSCC2(C)C(=O)Nc2ccc3c(c2)OCCO3)cc1OC. The van der Waals surface area contributed by atoms with Crippen LogP contribution in [-0.4, -0.2) is 67.7 Å². The molecule has 176 valence electrons. The number of anilines is 1. The topological polar surface area (TPSA) is 86.3 Å². The third kappa shape index (κ3) is 4.83. The second-order valence-corrected chi connectivity index (χ2v) is 9.05. The molecular weight excluding hydrogens is 444 g/mol. The number of benzene rings is 2. The van der Waals surface area contributed by atoms with Crippen molar-refractivity contribution in [3.8, 4) is 23.0 Å². The molecule has 2 aromatic rings. The van der Waals surface area contributed by atoms with Crippen molar-refractivity contribution >= 4 is 29.3 Å². The number of ether oxygens (including phenoxy) is 4. The molecule has 0 aliphatic carbocycles. The number of hydrogen-bond donors (Lipinski definition) is 1. The fourth-order valence-corrected chi connectivity index (χ4v) is 5.11. The lowest BCUT2D eigenvalue weighted by atomic mass is 9.99. The van der Waals surface area contributed by atoms with Crippen molar-refractivity contribution in [2.75, 3.05) is 50.8 Å². The van der Waals surface area contributed by atoms with Gasteiger partial charge in [-0.1, -0.05) is 6.07 Å². The summed E-state index contributed by atoms with van der Waals surface area (Å²) in [5.74, 6) is 3.14. The lowest BCUT2D eigenvalue weighted by Crippen LogP contribution is -2.62. The molecule has 0 saturated carbocycles. The maximum absolute atomic E-state index is 13.4. The molecule has 2 aliphatic rings. The van der Waals surface area contributed by atoms with Crippen LogP contribution in [0, 0.1) is 0 Å². The van der Waals surface area contributed by atoms with Crippen molar-refractivity contribution < 1.29 is 28.5 Å². The molecule has 0 bridgehead atoms. The Balaban J connectivity index is 1.49. The van der Waals surface area contributed by atoms with Crippen LogP contribution in [-0.2, 0) is 16.0 Å². The zero-order chi connectivity index (χ0) is 23.4. The lowest BCUT2D eigenvalue weighted by molar-refractivity contribution is -0.141. The number of thioether (sulfide) groups is 1. The number of carbonyl (C=O) groups is 2. The lowest BCUT2D eigenvalue weighted by Gasteiger charge is -2.43. The summed E-state index contributed by atoms with van der Waals surface area (Å²) in [5, 5.41) is 2.97. The first kappa shape index (κ1) is 23.1. The van der Waals surface area contributed by atoms with Gasteiger partial charge in [-0.2, -0.15) is 0 Å². The maximum Gasteiger partial charge on any atom is 0.250 e. The van der Waals surface area contributed by atoms with Gasteiger partial charge in [0, 0.05) is 24.1 Å². The molecule has 2 heterocycles. The monoisotopic (exact) mass is 472 g/mol. The number of nitrogens with zero attached hydrogens (tertiary/aromatic N) is 1. The number of nitrogens with one attached hydrogen (secondary N) is 1. The van der Waals surface area contributed by atoms with Crippen LogP contribution in [0.25, 0.3) is 0 Å². The van der Waals surface area contributed by atoms with Crippen molar-refractivity contribution in [3.63, 3.8) is 0 Å². The van der Waals surface area contributed by atoms with Gasteiger partial charge in [0.15, 0.2) is 23.0 Å². The second kappa shape index (κ2) is 9.82. The van der Waals surface area contributed by atoms with Crippen LogP contribution in [0.5, 0.6) is 23.0 Å². The van der Waals surface area contributed by atoms with Gasteiger partial charge in [-0.3, -0.25) is 9.59 Å². The molecule has 0 radical (unpaired) electrons. The molecule has 1 fully saturated rings. The normalized spacial score (nSPS) is 19.7. The highest BCUT2D eigenvalue weighted by atomic mass is 32.2. The van der Waals surface area contributed by atoms with E-state index >= 15 is 0 Å². The number of rotatable bonds is 7. The van der Waals surface area contributed by atoms with Gasteiger partial charge >= 0.3 is 0 Å². The summed E-state index contributed by atoms with van der Waals surface area (Å²) in [7, 11) is 3.18. The average Bonchev–Trinajstić information content (AvgIpc) is 2.83. The summed E-state index contributed by atoms with van der Waals surface area (Å²) in [6.45, 7) is 3.21. The Morgan fingerprint density at radius 3 is 2.61 bits per heavy atom. The number of fused-ring (bicyclic) bond motifs is 1. The van der Waals surface area contributed by atoms with Crippen LogP contribution in [0.3, 0.4) is 0 Å². The number of carbonyl (C=O) groups excluding carboxylic acids is 2. The molecular formula is C24H28N2O6S. The van der Waals surface area contributed by atoms with E-state index in [4.69, 9.17) is 18.9 Å². The summed E-state index contributed by atoms with van der Waals surface area (Å²) in [5.41, 5.74) is 0.616. The van der Waals surface area contributed by atoms with Crippen LogP contribution in [0.1, 0.15) is 12.5 Å². The molecule has 2 aliphatic heterocycles. The molecule has 2 aromatic carbocycles. The fourth-order valence-electron chi connectivity index (χ4n) is 3.99. The molecule has 1 N–H and O–H groups in total. The number of hydrogen-bond acceptors (Lipinski definition) is 7. The Hall–Kier alpha value is -3.07. The van der Waals surface area contributed by atoms with E-state index < -0.39 is 5.54 Å². The van der Waals surface area contributed by atoms with Crippen LogP contribution in [0.2, 0.25) is 0 Å². The van der Waals surface area contributed by atoms with Crippen molar-refractivity contribution in [1.82, 2.24) is 4.90 Å². The molecule has 0 aromatic heterocycles. The quantitative estimate of drug-likeness (QED) is 0.663. The van der Waals surface area contributed by atoms with Crippen molar-refractivity contribution in [1.29, 1.82) is 0 Å². The highest BCUT2D eigenvalue weighted by Crippen LogP contribution is 2.34. The molecule has 1 unspecified atom stereocenters. The van der Waals surface area contributed by atoms with Crippen molar-refractivity contribution in [2.24, 2.45) is 0 Å². The van der Waals surface area contributed by atoms with Crippen molar-refractivity contribution in [3.05, 3.63) is 42.0 Å². The summed E-state index contributed by atoms with van der Waals surface area (Å²) < 4.78 is 21.8. The van der Waals surface area contributed by atoms with Crippen LogP contribution >= 0.6 is 11.8 Å². The molecule has 2 amide bonds. The Bertz CT molecular complexity index is 1050. The summed E-state index contributed by atoms with van der Waals surface area (Å²) in [6.07, 6.45) is 0.587. The predicted octanol–water partition coefficient (Wildman–Crippen LogP) is 2.99. The molecule has 8 nitrogen and oxygen atoms in total. The standard InChI is InChI=1S/C24H28N2O6S/c1-24(23(28)25-17-5-7-19-21(13-17)32-11-10-31-19)15-33-14-22(27)26(24)9-8-16-4-6-18(29-2)20(12-16)30-3/h4-7,12-13H,8-11,14-15H2,1-3H3,(H,25,28). The summed E-state index contributed by atoms with van der Waals surface area (Å²) in [6, 6.07) is 11.0. The first-order valence-corrected chi connectivity index (χ1v) is 11.9. The van der Waals surface area contributed by atoms with Gasteiger partial charge in [-0.15, -0.1) is 11.8 Å². The Morgan fingerprint density at radius 2 is 1.85 bits per heavy atom. The second-order valence-electron chi connectivity index (χ2n) is 8.06. The van der Waals surface area contributed by atoms with Gasteiger partial charge in [0.25, 0.3) is 5.91 Å². The molecule has 1 saturated heterocycles. The first-order chi connectivity index (χ1) is 15.9. The van der Waals surface area contributed by atoms with E-state index in [2.05, 4.69) is 5.32 Å². The third-order valence-electron chi connectivity index (χ3n) is 5.87. The maximum atomic E-state index is 13.4. The van der Waals surface area contributed by atoms with E-state index in [9.17, 15) is 9.59 Å². The summed E-state index contributed by atoms with van der Waals surface area (Å²) in [4.78, 5) is 27.9. The molecule has 33 heavy (non-hydrogen) atoms. The van der Waals surface area contributed by atoms with Crippen molar-refractivity contribution in [2.45, 2.75) is 18.9 Å². The van der Waals surface area contributed by atoms with E-state index in [0.29, 0.717) is 66.4 Å². The molecule has 0 spiro atoms. The van der Waals surface area contributed by atoms with Gasteiger partial charge in [0.1, 0.15) is 18.8 Å². The zero-order valence-electron chi connectivity index (χ0n) is 19.0. The van der Waals surface area contributed by atoms with Gasteiger partial charge in [0.2, 0.25) is 5.91 Å². The van der Waals surface area contributed by atoms with E-state index in [1.165, 1.54) is 11.8 Å². The van der Waals surface area contributed by atoms with Crippen LogP contribution in [0.15, 0.2) is 36.4 Å². The van der Waals surface area contributed by atoms with Gasteiger partial charge in [-0.05, 0) is 43.2 Å². The largest absolute Gasteiger partial charge is 0.493 e. The average molecular weight is 473 g/mol. The van der Waals surface area contributed by atoms with Gasteiger partial charge in [0.05, 0.1) is 20.0 Å². The third-order valence-corrected chi connectivity index (χ3v) is 7.08. The minimum atomic E-state index is -0.982. The van der Waals surface area contributed by atoms with E-state index in [0.717, 1.165) is 5.56 Å². The Kier molecular flexibility index (Phi) is 6.88. The molecule has 1 atom stereocenters. The smallest absolute Gasteiger partial charge is 0.250 e. The minimum absolute atomic E-state index is 0.0495. The number of amides is 2. The van der Waals surface area contributed by atoms with Gasteiger partial charge in [-0.25, -0.2) is 0 Å². The Morgan fingerprint density at radius 1 is 1.09 bits per heavy atom. The summed E-state index contributed by atoms with van der Waals surface area (Å²) >= 11 is 1.47. The first-order valence-electron chi connectivity index (χ1n) is 10.7. The minimum Gasteiger partial charge on any atom is -0.493 e. The van der Waals surface area contributed by atoms with Crippen LogP contribution in [0.4, 0.5) is 5.69 Å².